The molecule has 1 aliphatic rings. The van der Waals surface area contributed by atoms with Gasteiger partial charge in [-0.2, -0.15) is 0 Å². The van der Waals surface area contributed by atoms with Crippen molar-refractivity contribution in [3.8, 4) is 0 Å². The molecule has 0 aliphatic heterocycles. The monoisotopic (exact) mass is 302 g/mol. The molecule has 2 N–H and O–H groups in total. The van der Waals surface area contributed by atoms with Gasteiger partial charge in [0.1, 0.15) is 6.42 Å². The van der Waals surface area contributed by atoms with E-state index < -0.39 is 0 Å². The molecule has 4 nitrogen and oxygen atoms in total. The Balaban J connectivity index is 1.81. The van der Waals surface area contributed by atoms with E-state index in [2.05, 4.69) is 10.6 Å². The van der Waals surface area contributed by atoms with Gasteiger partial charge >= 0.3 is 0 Å². The van der Waals surface area contributed by atoms with Crippen LogP contribution in [-0.2, 0) is 9.59 Å². The van der Waals surface area contributed by atoms with Crippen molar-refractivity contribution in [2.75, 3.05) is 5.32 Å². The molecule has 4 heteroatoms. The van der Waals surface area contributed by atoms with Crippen molar-refractivity contribution in [2.24, 2.45) is 0 Å². The molecule has 0 radical (unpaired) electrons. The summed E-state index contributed by atoms with van der Waals surface area (Å²) in [5.41, 5.74) is 2.94. The van der Waals surface area contributed by atoms with Gasteiger partial charge in [0.15, 0.2) is 0 Å². The molecular formula is C18H26N2O2. The van der Waals surface area contributed by atoms with E-state index in [1.807, 2.05) is 32.0 Å². The van der Waals surface area contributed by atoms with Gasteiger partial charge in [-0.25, -0.2) is 0 Å². The van der Waals surface area contributed by atoms with E-state index in [-0.39, 0.29) is 24.3 Å². The van der Waals surface area contributed by atoms with Crippen molar-refractivity contribution >= 4 is 17.5 Å². The Kier molecular flexibility index (Phi) is 5.99. The number of rotatable bonds is 4. The molecule has 0 aromatic heterocycles. The highest BCUT2D eigenvalue weighted by atomic mass is 16.2. The van der Waals surface area contributed by atoms with Gasteiger partial charge in [0.2, 0.25) is 11.8 Å². The van der Waals surface area contributed by atoms with Crippen molar-refractivity contribution in [1.29, 1.82) is 0 Å². The summed E-state index contributed by atoms with van der Waals surface area (Å²) < 4.78 is 0. The van der Waals surface area contributed by atoms with Gasteiger partial charge in [0.05, 0.1) is 0 Å². The number of anilines is 1. The predicted molar refractivity (Wildman–Crippen MR) is 88.8 cm³/mol. The van der Waals surface area contributed by atoms with Crippen LogP contribution in [0.25, 0.3) is 0 Å². The Hall–Kier alpha value is -1.84. The average Bonchev–Trinajstić information content (AvgIpc) is 2.70. The van der Waals surface area contributed by atoms with E-state index in [1.54, 1.807) is 0 Å². The molecule has 1 aromatic rings. The lowest BCUT2D eigenvalue weighted by Crippen LogP contribution is -2.36. The average molecular weight is 302 g/mol. The third-order valence-electron chi connectivity index (χ3n) is 4.20. The quantitative estimate of drug-likeness (QED) is 0.661. The largest absolute Gasteiger partial charge is 0.353 e. The van der Waals surface area contributed by atoms with E-state index >= 15 is 0 Å². The molecule has 2 rings (SSSR count). The number of benzene rings is 1. The number of amides is 2. The molecule has 0 unspecified atom stereocenters. The summed E-state index contributed by atoms with van der Waals surface area (Å²) in [6.07, 6.45) is 6.79. The highest BCUT2D eigenvalue weighted by molar-refractivity contribution is 6.03. The third-order valence-corrected chi connectivity index (χ3v) is 4.20. The standard InChI is InChI=1S/C18H26N2O2/c1-13-9-10-16(14(2)11-13)20-18(22)12-17(21)19-15-7-5-3-4-6-8-15/h9-11,15H,3-8,12H2,1-2H3,(H,19,21)(H,20,22). The zero-order valence-electron chi connectivity index (χ0n) is 13.6. The molecule has 1 saturated carbocycles. The van der Waals surface area contributed by atoms with Crippen molar-refractivity contribution in [3.05, 3.63) is 29.3 Å². The fourth-order valence-electron chi connectivity index (χ4n) is 3.00. The zero-order chi connectivity index (χ0) is 15.9. The van der Waals surface area contributed by atoms with Crippen LogP contribution in [0.2, 0.25) is 0 Å². The molecule has 22 heavy (non-hydrogen) atoms. The molecule has 2 amide bonds. The summed E-state index contributed by atoms with van der Waals surface area (Å²) in [4.78, 5) is 24.0. The van der Waals surface area contributed by atoms with Crippen molar-refractivity contribution < 1.29 is 9.59 Å². The highest BCUT2D eigenvalue weighted by Gasteiger charge is 2.17. The van der Waals surface area contributed by atoms with Gasteiger partial charge in [-0.15, -0.1) is 0 Å². The van der Waals surface area contributed by atoms with Crippen LogP contribution in [0.15, 0.2) is 18.2 Å². The van der Waals surface area contributed by atoms with Crippen molar-refractivity contribution in [1.82, 2.24) is 5.32 Å². The van der Waals surface area contributed by atoms with Crippen LogP contribution >= 0.6 is 0 Å². The lowest BCUT2D eigenvalue weighted by molar-refractivity contribution is -0.127. The minimum Gasteiger partial charge on any atom is -0.353 e. The topological polar surface area (TPSA) is 58.2 Å². The van der Waals surface area contributed by atoms with E-state index in [9.17, 15) is 9.59 Å². The highest BCUT2D eigenvalue weighted by Crippen LogP contribution is 2.18. The first-order valence-corrected chi connectivity index (χ1v) is 8.21. The number of carbonyl (C=O) groups excluding carboxylic acids is 2. The van der Waals surface area contributed by atoms with Gasteiger partial charge in [0.25, 0.3) is 0 Å². The van der Waals surface area contributed by atoms with E-state index in [1.165, 1.54) is 25.7 Å². The maximum absolute atomic E-state index is 12.0. The Morgan fingerprint density at radius 2 is 1.73 bits per heavy atom. The first kappa shape index (κ1) is 16.5. The van der Waals surface area contributed by atoms with Crippen molar-refractivity contribution in [3.63, 3.8) is 0 Å². The molecule has 0 heterocycles. The Bertz CT molecular complexity index is 532. The molecule has 0 atom stereocenters. The molecular weight excluding hydrogens is 276 g/mol. The lowest BCUT2D eigenvalue weighted by Gasteiger charge is -2.16. The van der Waals surface area contributed by atoms with Crippen LogP contribution in [0.1, 0.15) is 56.1 Å². The smallest absolute Gasteiger partial charge is 0.233 e. The van der Waals surface area contributed by atoms with Crippen LogP contribution in [0.5, 0.6) is 0 Å². The molecule has 120 valence electrons. The molecule has 1 aliphatic carbocycles. The summed E-state index contributed by atoms with van der Waals surface area (Å²) in [5, 5.41) is 5.82. The summed E-state index contributed by atoms with van der Waals surface area (Å²) in [6, 6.07) is 6.09. The van der Waals surface area contributed by atoms with Gasteiger partial charge in [0, 0.05) is 11.7 Å². The molecule has 0 spiro atoms. The SMILES string of the molecule is Cc1ccc(NC(=O)CC(=O)NC2CCCCCC2)c(C)c1. The van der Waals surface area contributed by atoms with Gasteiger partial charge in [-0.1, -0.05) is 43.4 Å². The molecule has 0 saturated heterocycles. The summed E-state index contributed by atoms with van der Waals surface area (Å²) in [7, 11) is 0. The second-order valence-electron chi connectivity index (χ2n) is 6.30. The van der Waals surface area contributed by atoms with Crippen LogP contribution in [-0.4, -0.2) is 17.9 Å². The van der Waals surface area contributed by atoms with Crippen LogP contribution in [0, 0.1) is 13.8 Å². The lowest BCUT2D eigenvalue weighted by atomic mass is 10.1. The molecule has 1 aromatic carbocycles. The first-order valence-electron chi connectivity index (χ1n) is 8.21. The Morgan fingerprint density at radius 1 is 1.05 bits per heavy atom. The Labute approximate surface area is 132 Å². The van der Waals surface area contributed by atoms with Crippen LogP contribution in [0.3, 0.4) is 0 Å². The predicted octanol–water partition coefficient (Wildman–Crippen LogP) is 3.47. The van der Waals surface area contributed by atoms with Crippen LogP contribution < -0.4 is 10.6 Å². The summed E-state index contributed by atoms with van der Waals surface area (Å²) in [6.45, 7) is 3.97. The summed E-state index contributed by atoms with van der Waals surface area (Å²) in [5.74, 6) is -0.424. The number of aryl methyl sites for hydroxylation is 2. The summed E-state index contributed by atoms with van der Waals surface area (Å²) >= 11 is 0. The number of hydrogen-bond donors (Lipinski definition) is 2. The van der Waals surface area contributed by atoms with E-state index in [0.29, 0.717) is 0 Å². The number of carbonyl (C=O) groups is 2. The maximum atomic E-state index is 12.0. The van der Waals surface area contributed by atoms with E-state index in [4.69, 9.17) is 0 Å². The minimum absolute atomic E-state index is 0.107. The van der Waals surface area contributed by atoms with Gasteiger partial charge < -0.3 is 10.6 Å². The molecule has 0 bridgehead atoms. The fourth-order valence-corrected chi connectivity index (χ4v) is 3.00. The zero-order valence-corrected chi connectivity index (χ0v) is 13.6. The normalized spacial score (nSPS) is 15.9. The van der Waals surface area contributed by atoms with Gasteiger partial charge in [-0.05, 0) is 38.3 Å². The first-order chi connectivity index (χ1) is 10.5. The van der Waals surface area contributed by atoms with Gasteiger partial charge in [-0.3, -0.25) is 9.59 Å². The Morgan fingerprint density at radius 3 is 2.36 bits per heavy atom. The van der Waals surface area contributed by atoms with E-state index in [0.717, 1.165) is 29.7 Å². The third kappa shape index (κ3) is 5.17. The van der Waals surface area contributed by atoms with Crippen LogP contribution in [0.4, 0.5) is 5.69 Å². The molecule has 1 fully saturated rings. The second-order valence-corrected chi connectivity index (χ2v) is 6.30. The minimum atomic E-state index is -0.252. The second kappa shape index (κ2) is 7.97. The number of hydrogen-bond acceptors (Lipinski definition) is 2. The fraction of sp³-hybridized carbons (Fsp3) is 0.556. The number of nitrogens with one attached hydrogen (secondary N) is 2. The maximum Gasteiger partial charge on any atom is 0.233 e. The van der Waals surface area contributed by atoms with Crippen molar-refractivity contribution in [2.45, 2.75) is 64.8 Å².